The maximum Gasteiger partial charge on any atom is 0.225 e. The molecule has 1 N–H and O–H groups in total. The highest BCUT2D eigenvalue weighted by molar-refractivity contribution is 5.84. The van der Waals surface area contributed by atoms with Gasteiger partial charge in [-0.25, -0.2) is 0 Å². The molecule has 2 atom stereocenters. The highest BCUT2D eigenvalue weighted by Crippen LogP contribution is 2.35. The van der Waals surface area contributed by atoms with Crippen molar-refractivity contribution in [3.63, 3.8) is 0 Å². The Morgan fingerprint density at radius 2 is 2.04 bits per heavy atom. The first-order valence-corrected chi connectivity index (χ1v) is 8.13. The fourth-order valence-electron chi connectivity index (χ4n) is 3.09. The molecule has 23 heavy (non-hydrogen) atoms. The van der Waals surface area contributed by atoms with Crippen molar-refractivity contribution in [2.75, 3.05) is 27.3 Å². The number of nitrogens with one attached hydrogen (secondary N) is 1. The minimum absolute atomic E-state index is 0.0195. The van der Waals surface area contributed by atoms with Crippen molar-refractivity contribution >= 4 is 11.8 Å². The number of benzene rings is 1. The number of likely N-dealkylation sites (tertiary alicyclic amines) is 1. The van der Waals surface area contributed by atoms with Crippen molar-refractivity contribution in [3.8, 4) is 0 Å². The van der Waals surface area contributed by atoms with Crippen LogP contribution in [-0.4, -0.2) is 44.0 Å². The van der Waals surface area contributed by atoms with Gasteiger partial charge in [-0.3, -0.25) is 9.59 Å². The first-order chi connectivity index (χ1) is 11.0. The molecule has 0 radical (unpaired) electrons. The number of rotatable bonds is 6. The highest BCUT2D eigenvalue weighted by atomic mass is 16.5. The highest BCUT2D eigenvalue weighted by Gasteiger charge is 2.38. The predicted molar refractivity (Wildman–Crippen MR) is 88.9 cm³/mol. The van der Waals surface area contributed by atoms with Gasteiger partial charge in [0.1, 0.15) is 0 Å². The van der Waals surface area contributed by atoms with Gasteiger partial charge in [0.05, 0.1) is 12.0 Å². The van der Waals surface area contributed by atoms with Crippen LogP contribution in [0.15, 0.2) is 24.3 Å². The number of hydrogen-bond acceptors (Lipinski definition) is 3. The number of ether oxygens (including phenoxy) is 1. The standard InChI is InChI=1S/C18H26N2O3/c1-13-5-7-14(8-6-13)17-15(9-10-16(21)20(17)2)18(22)19-11-4-12-23-3/h5-8,15,17H,4,9-12H2,1-3H3,(H,19,22). The zero-order chi connectivity index (χ0) is 16.8. The second-order valence-electron chi connectivity index (χ2n) is 6.14. The molecule has 0 aliphatic carbocycles. The minimum atomic E-state index is -0.206. The lowest BCUT2D eigenvalue weighted by Crippen LogP contribution is -2.46. The Morgan fingerprint density at radius 1 is 1.35 bits per heavy atom. The number of hydrogen-bond donors (Lipinski definition) is 1. The van der Waals surface area contributed by atoms with E-state index in [1.807, 2.05) is 31.2 Å². The van der Waals surface area contributed by atoms with Crippen molar-refractivity contribution < 1.29 is 14.3 Å². The third-order valence-corrected chi connectivity index (χ3v) is 4.44. The average Bonchev–Trinajstić information content (AvgIpc) is 2.55. The Labute approximate surface area is 138 Å². The van der Waals surface area contributed by atoms with E-state index in [0.717, 1.165) is 12.0 Å². The maximum atomic E-state index is 12.6. The number of amides is 2. The molecule has 2 unspecified atom stereocenters. The number of carbonyl (C=O) groups excluding carboxylic acids is 2. The van der Waals surface area contributed by atoms with E-state index in [2.05, 4.69) is 5.32 Å². The van der Waals surface area contributed by atoms with Crippen LogP contribution in [0.3, 0.4) is 0 Å². The summed E-state index contributed by atoms with van der Waals surface area (Å²) in [6.07, 6.45) is 1.81. The Balaban J connectivity index is 2.13. The van der Waals surface area contributed by atoms with E-state index in [4.69, 9.17) is 4.74 Å². The Bertz CT molecular complexity index is 542. The molecule has 1 aliphatic rings. The van der Waals surface area contributed by atoms with Crippen LogP contribution >= 0.6 is 0 Å². The summed E-state index contributed by atoms with van der Waals surface area (Å²) < 4.78 is 5.00. The molecule has 1 fully saturated rings. The van der Waals surface area contributed by atoms with E-state index in [1.54, 1.807) is 19.1 Å². The topological polar surface area (TPSA) is 58.6 Å². The molecule has 1 aromatic rings. The van der Waals surface area contributed by atoms with Crippen molar-refractivity contribution in [2.24, 2.45) is 5.92 Å². The molecule has 0 spiro atoms. The number of nitrogens with zero attached hydrogens (tertiary/aromatic N) is 1. The van der Waals surface area contributed by atoms with E-state index < -0.39 is 0 Å². The van der Waals surface area contributed by atoms with E-state index in [1.165, 1.54) is 5.56 Å². The normalized spacial score (nSPS) is 21.3. The van der Waals surface area contributed by atoms with E-state index in [-0.39, 0.29) is 23.8 Å². The summed E-state index contributed by atoms with van der Waals surface area (Å²) in [7, 11) is 3.44. The van der Waals surface area contributed by atoms with Gasteiger partial charge in [-0.05, 0) is 25.3 Å². The second kappa shape index (κ2) is 8.11. The number of carbonyl (C=O) groups is 2. The lowest BCUT2D eigenvalue weighted by molar-refractivity contribution is -0.141. The molecule has 5 heteroatoms. The van der Waals surface area contributed by atoms with Gasteiger partial charge in [0.25, 0.3) is 0 Å². The molecule has 1 aliphatic heterocycles. The summed E-state index contributed by atoms with van der Waals surface area (Å²) in [5.41, 5.74) is 2.18. The van der Waals surface area contributed by atoms with Gasteiger partial charge < -0.3 is 15.0 Å². The van der Waals surface area contributed by atoms with Gasteiger partial charge in [-0.2, -0.15) is 0 Å². The largest absolute Gasteiger partial charge is 0.385 e. The number of aryl methyl sites for hydroxylation is 1. The average molecular weight is 318 g/mol. The van der Waals surface area contributed by atoms with Crippen LogP contribution < -0.4 is 5.32 Å². The van der Waals surface area contributed by atoms with Gasteiger partial charge in [-0.1, -0.05) is 29.8 Å². The molecule has 2 amide bonds. The molecule has 2 rings (SSSR count). The smallest absolute Gasteiger partial charge is 0.225 e. The molecule has 126 valence electrons. The summed E-state index contributed by atoms with van der Waals surface area (Å²) in [5, 5.41) is 2.98. The zero-order valence-electron chi connectivity index (χ0n) is 14.2. The monoisotopic (exact) mass is 318 g/mol. The van der Waals surface area contributed by atoms with Crippen LogP contribution in [0.1, 0.15) is 36.4 Å². The lowest BCUT2D eigenvalue weighted by Gasteiger charge is -2.38. The fraction of sp³-hybridized carbons (Fsp3) is 0.556. The van der Waals surface area contributed by atoms with Crippen molar-refractivity contribution in [1.29, 1.82) is 0 Å². The molecule has 0 aromatic heterocycles. The van der Waals surface area contributed by atoms with Gasteiger partial charge in [0.2, 0.25) is 11.8 Å². The quantitative estimate of drug-likeness (QED) is 0.817. The van der Waals surface area contributed by atoms with E-state index >= 15 is 0 Å². The molecule has 0 bridgehead atoms. The van der Waals surface area contributed by atoms with E-state index in [0.29, 0.717) is 26.0 Å². The van der Waals surface area contributed by atoms with Gasteiger partial charge >= 0.3 is 0 Å². The first kappa shape index (κ1) is 17.5. The van der Waals surface area contributed by atoms with Crippen LogP contribution in [0.5, 0.6) is 0 Å². The summed E-state index contributed by atoms with van der Waals surface area (Å²) in [6.45, 7) is 3.26. The van der Waals surface area contributed by atoms with Crippen molar-refractivity contribution in [1.82, 2.24) is 10.2 Å². The van der Waals surface area contributed by atoms with Gasteiger partial charge in [0, 0.05) is 33.7 Å². The van der Waals surface area contributed by atoms with Crippen molar-refractivity contribution in [3.05, 3.63) is 35.4 Å². The molecular weight excluding hydrogens is 292 g/mol. The number of piperidine rings is 1. The summed E-state index contributed by atoms with van der Waals surface area (Å²) in [4.78, 5) is 26.4. The van der Waals surface area contributed by atoms with Gasteiger partial charge in [-0.15, -0.1) is 0 Å². The van der Waals surface area contributed by atoms with Gasteiger partial charge in [0.15, 0.2) is 0 Å². The third kappa shape index (κ3) is 4.32. The molecule has 1 heterocycles. The SMILES string of the molecule is COCCCNC(=O)C1CCC(=O)N(C)C1c1ccc(C)cc1. The van der Waals surface area contributed by atoms with Crippen LogP contribution in [0.2, 0.25) is 0 Å². The summed E-state index contributed by atoms with van der Waals surface area (Å²) in [6, 6.07) is 7.88. The molecule has 1 aromatic carbocycles. The summed E-state index contributed by atoms with van der Waals surface area (Å²) in [5.74, 6) is -0.0898. The van der Waals surface area contributed by atoms with Crippen LogP contribution in [0.4, 0.5) is 0 Å². The fourth-order valence-corrected chi connectivity index (χ4v) is 3.09. The minimum Gasteiger partial charge on any atom is -0.385 e. The van der Waals surface area contributed by atoms with Crippen LogP contribution in [-0.2, 0) is 14.3 Å². The first-order valence-electron chi connectivity index (χ1n) is 8.13. The molecule has 0 saturated carbocycles. The second-order valence-corrected chi connectivity index (χ2v) is 6.14. The molecule has 5 nitrogen and oxygen atoms in total. The zero-order valence-corrected chi connectivity index (χ0v) is 14.2. The third-order valence-electron chi connectivity index (χ3n) is 4.44. The Kier molecular flexibility index (Phi) is 6.16. The number of methoxy groups -OCH3 is 1. The molecule has 1 saturated heterocycles. The predicted octanol–water partition coefficient (Wildman–Crippen LogP) is 2.06. The summed E-state index contributed by atoms with van der Waals surface area (Å²) >= 11 is 0. The van der Waals surface area contributed by atoms with Crippen LogP contribution in [0, 0.1) is 12.8 Å². The maximum absolute atomic E-state index is 12.6. The molecular formula is C18H26N2O3. The van der Waals surface area contributed by atoms with Crippen molar-refractivity contribution in [2.45, 2.75) is 32.2 Å². The Morgan fingerprint density at radius 3 is 2.70 bits per heavy atom. The Hall–Kier alpha value is -1.88. The van der Waals surface area contributed by atoms with E-state index in [9.17, 15) is 9.59 Å². The lowest BCUT2D eigenvalue weighted by atomic mass is 9.83. The van der Waals surface area contributed by atoms with Crippen LogP contribution in [0.25, 0.3) is 0 Å².